The molecule has 1 aromatic rings. The molecule has 1 aromatic carbocycles. The zero-order valence-electron chi connectivity index (χ0n) is 14.8. The molecule has 0 spiro atoms. The fourth-order valence-corrected chi connectivity index (χ4v) is 3.01. The monoisotopic (exact) mass is 416 g/mol. The lowest BCUT2D eigenvalue weighted by Gasteiger charge is -2.21. The Morgan fingerprint density at radius 3 is 2.67 bits per heavy atom. The summed E-state index contributed by atoms with van der Waals surface area (Å²) in [4.78, 5) is 23.9. The predicted octanol–water partition coefficient (Wildman–Crippen LogP) is 1.48. The van der Waals surface area contributed by atoms with Crippen molar-refractivity contribution in [3.8, 4) is 0 Å². The zero-order chi connectivity index (χ0) is 20.2. The van der Waals surface area contributed by atoms with E-state index in [1.807, 2.05) is 0 Å². The molecule has 1 fully saturated rings. The molecule has 0 aliphatic carbocycles. The minimum Gasteiger partial charge on any atom is -0.445 e. The highest BCUT2D eigenvalue weighted by atomic mass is 32.2. The van der Waals surface area contributed by atoms with Gasteiger partial charge in [0, 0.05) is 37.2 Å². The molecule has 0 N–H and O–H groups in total. The van der Waals surface area contributed by atoms with E-state index in [1.54, 1.807) is 0 Å². The smallest absolute Gasteiger partial charge is 0.410 e. The number of ether oxygens (including phenoxy) is 1. The Balaban J connectivity index is 1.98. The molecule has 12 heteroatoms. The van der Waals surface area contributed by atoms with Crippen LogP contribution in [0.1, 0.15) is 12.0 Å². The van der Waals surface area contributed by atoms with Gasteiger partial charge in [-0.05, 0) is 24.1 Å². The number of non-ortho nitro benzene ring substituents is 1. The van der Waals surface area contributed by atoms with Gasteiger partial charge in [-0.2, -0.15) is 22.1 Å². The zero-order valence-corrected chi connectivity index (χ0v) is 16.5. The van der Waals surface area contributed by atoms with Gasteiger partial charge < -0.3 is 4.74 Å². The lowest BCUT2D eigenvalue weighted by atomic mass is 10.2. The number of hydrogen-bond donors (Lipinski definition) is 1. The number of nitro benzene ring substituents is 1. The Morgan fingerprint density at radius 1 is 1.48 bits per heavy atom. The number of benzene rings is 1. The summed E-state index contributed by atoms with van der Waals surface area (Å²) in [5.41, 5.74) is 0.561. The molecule has 1 aliphatic rings. The maximum Gasteiger partial charge on any atom is 0.410 e. The van der Waals surface area contributed by atoms with Gasteiger partial charge in [0.05, 0.1) is 17.2 Å². The summed E-state index contributed by atoms with van der Waals surface area (Å²) in [6, 6.07) is 5.24. The molecule has 1 heterocycles. The molecular formula is C15H20N4O6S2. The molecule has 0 radical (unpaired) electrons. The number of hydrogen-bond acceptors (Lipinski definition) is 8. The van der Waals surface area contributed by atoms with Gasteiger partial charge in [0.15, 0.2) is 0 Å². The topological polar surface area (TPSA) is 122 Å². The van der Waals surface area contributed by atoms with Gasteiger partial charge in [0.1, 0.15) is 6.61 Å². The second kappa shape index (κ2) is 8.57. The van der Waals surface area contributed by atoms with Crippen LogP contribution in [0.25, 0.3) is 0 Å². The molecule has 1 amide bonds. The van der Waals surface area contributed by atoms with Crippen molar-refractivity contribution in [2.24, 2.45) is 5.10 Å². The summed E-state index contributed by atoms with van der Waals surface area (Å²) < 4.78 is 28.9. The van der Waals surface area contributed by atoms with Crippen LogP contribution in [0.2, 0.25) is 0 Å². The van der Waals surface area contributed by atoms with Gasteiger partial charge >= 0.3 is 6.09 Å². The van der Waals surface area contributed by atoms with Crippen LogP contribution in [-0.2, 0) is 21.4 Å². The normalized spacial score (nSPS) is 20.0. The molecule has 2 atom stereocenters. The van der Waals surface area contributed by atoms with Crippen LogP contribution >= 0.6 is 12.6 Å². The summed E-state index contributed by atoms with van der Waals surface area (Å²) >= 11 is 4.37. The van der Waals surface area contributed by atoms with Crippen molar-refractivity contribution in [3.63, 3.8) is 0 Å². The van der Waals surface area contributed by atoms with Crippen LogP contribution in [0.15, 0.2) is 29.4 Å². The molecule has 10 nitrogen and oxygen atoms in total. The fraction of sp³-hybridized carbons (Fsp3) is 0.467. The highest BCUT2D eigenvalue weighted by Crippen LogP contribution is 2.22. The van der Waals surface area contributed by atoms with Crippen molar-refractivity contribution in [3.05, 3.63) is 39.9 Å². The van der Waals surface area contributed by atoms with Crippen LogP contribution in [0.3, 0.4) is 0 Å². The van der Waals surface area contributed by atoms with Crippen LogP contribution < -0.4 is 0 Å². The maximum atomic E-state index is 12.4. The third-order valence-electron chi connectivity index (χ3n) is 3.95. The summed E-state index contributed by atoms with van der Waals surface area (Å²) in [6.07, 6.45) is 2.32. The standard InChI is InChI=1S/C15H20N4O6S2/c1-17(27(2,23)24)16-8-13-7-14(26)9-18(13)15(20)25-10-11-3-5-12(6-4-11)19(21)22/h3-6,8,13-14,26H,7,9-10H2,1-2H3/b16-8+/t13-,14-/m0/s1. The number of amides is 1. The Hall–Kier alpha value is -2.34. The largest absolute Gasteiger partial charge is 0.445 e. The van der Waals surface area contributed by atoms with E-state index in [4.69, 9.17) is 4.74 Å². The van der Waals surface area contributed by atoms with E-state index in [0.717, 1.165) is 10.7 Å². The van der Waals surface area contributed by atoms with Gasteiger partial charge in [-0.15, -0.1) is 0 Å². The molecule has 148 valence electrons. The first kappa shape index (κ1) is 21.0. The molecule has 0 saturated carbocycles. The van der Waals surface area contributed by atoms with E-state index >= 15 is 0 Å². The predicted molar refractivity (Wildman–Crippen MR) is 102 cm³/mol. The van der Waals surface area contributed by atoms with Gasteiger partial charge in [-0.25, -0.2) is 13.2 Å². The van der Waals surface area contributed by atoms with Crippen LogP contribution in [0.4, 0.5) is 10.5 Å². The third kappa shape index (κ3) is 5.82. The number of nitro groups is 1. The van der Waals surface area contributed by atoms with E-state index < -0.39 is 27.1 Å². The van der Waals surface area contributed by atoms with E-state index in [0.29, 0.717) is 18.5 Å². The molecule has 0 aromatic heterocycles. The van der Waals surface area contributed by atoms with Crippen molar-refractivity contribution in [2.75, 3.05) is 19.8 Å². The van der Waals surface area contributed by atoms with E-state index in [-0.39, 0.29) is 17.5 Å². The summed E-state index contributed by atoms with van der Waals surface area (Å²) in [6.45, 7) is 0.291. The fourth-order valence-electron chi connectivity index (χ4n) is 2.39. The summed E-state index contributed by atoms with van der Waals surface area (Å²) in [5.74, 6) is 0. The molecule has 2 rings (SSSR count). The average Bonchev–Trinajstić information content (AvgIpc) is 2.97. The number of likely N-dealkylation sites (tertiary alicyclic amines) is 1. The number of thiol groups is 1. The molecule has 27 heavy (non-hydrogen) atoms. The number of carbonyl (C=O) groups is 1. The van der Waals surface area contributed by atoms with E-state index in [9.17, 15) is 23.3 Å². The van der Waals surface area contributed by atoms with Gasteiger partial charge in [-0.3, -0.25) is 15.0 Å². The van der Waals surface area contributed by atoms with E-state index in [2.05, 4.69) is 17.7 Å². The first-order chi connectivity index (χ1) is 12.6. The minimum atomic E-state index is -3.47. The quantitative estimate of drug-likeness (QED) is 0.324. The van der Waals surface area contributed by atoms with Crippen LogP contribution in [0, 0.1) is 10.1 Å². The van der Waals surface area contributed by atoms with Crippen molar-refractivity contribution in [1.29, 1.82) is 0 Å². The minimum absolute atomic E-state index is 0.0440. The second-order valence-electron chi connectivity index (χ2n) is 6.05. The summed E-state index contributed by atoms with van der Waals surface area (Å²) in [7, 11) is -2.17. The molecule has 0 bridgehead atoms. The van der Waals surface area contributed by atoms with E-state index in [1.165, 1.54) is 42.4 Å². The number of nitrogens with zero attached hydrogens (tertiary/aromatic N) is 4. The number of hydrazone groups is 1. The highest BCUT2D eigenvalue weighted by Gasteiger charge is 2.34. The van der Waals surface area contributed by atoms with Crippen molar-refractivity contribution in [2.45, 2.75) is 24.3 Å². The first-order valence-corrected chi connectivity index (χ1v) is 10.3. The Labute approximate surface area is 162 Å². The molecule has 1 aliphatic heterocycles. The van der Waals surface area contributed by atoms with Crippen LogP contribution in [0.5, 0.6) is 0 Å². The van der Waals surface area contributed by atoms with Gasteiger partial charge in [0.25, 0.3) is 5.69 Å². The van der Waals surface area contributed by atoms with Crippen molar-refractivity contribution >= 4 is 40.6 Å². The van der Waals surface area contributed by atoms with Crippen LogP contribution in [-0.4, -0.2) is 66.1 Å². The van der Waals surface area contributed by atoms with Crippen molar-refractivity contribution in [1.82, 2.24) is 9.31 Å². The van der Waals surface area contributed by atoms with Gasteiger partial charge in [-0.1, -0.05) is 0 Å². The Kier molecular flexibility index (Phi) is 6.65. The Bertz CT molecular complexity index is 827. The Morgan fingerprint density at radius 2 is 2.11 bits per heavy atom. The first-order valence-electron chi connectivity index (χ1n) is 7.90. The SMILES string of the molecule is CN(/N=C/[C@@H]1C[C@H](S)CN1C(=O)OCc1ccc([N+](=O)[O-])cc1)S(C)(=O)=O. The summed E-state index contributed by atoms with van der Waals surface area (Å²) in [5, 5.41) is 14.4. The molecular weight excluding hydrogens is 396 g/mol. The van der Waals surface area contributed by atoms with Crippen molar-refractivity contribution < 1.29 is 22.9 Å². The second-order valence-corrected chi connectivity index (χ2v) is 8.77. The highest BCUT2D eigenvalue weighted by molar-refractivity contribution is 7.88. The lowest BCUT2D eigenvalue weighted by Crippen LogP contribution is -2.37. The lowest BCUT2D eigenvalue weighted by molar-refractivity contribution is -0.384. The molecule has 1 saturated heterocycles. The number of carbonyl (C=O) groups excluding carboxylic acids is 1. The number of sulfonamides is 1. The third-order valence-corrected chi connectivity index (χ3v) is 5.37. The van der Waals surface area contributed by atoms with Gasteiger partial charge in [0.2, 0.25) is 10.0 Å². The average molecular weight is 416 g/mol. The maximum absolute atomic E-state index is 12.4. The molecule has 0 unspecified atom stereocenters. The number of rotatable bonds is 6.